The quantitative estimate of drug-likeness (QED) is 0.483. The van der Waals surface area contributed by atoms with Crippen LogP contribution in [0.25, 0.3) is 0 Å². The first-order valence-electron chi connectivity index (χ1n) is 9.40. The molecule has 2 aliphatic heterocycles. The van der Waals surface area contributed by atoms with Gasteiger partial charge in [0.25, 0.3) is 5.91 Å². The van der Waals surface area contributed by atoms with E-state index in [-0.39, 0.29) is 30.5 Å². The van der Waals surface area contributed by atoms with E-state index in [1.165, 1.54) is 11.2 Å². The van der Waals surface area contributed by atoms with Crippen LogP contribution in [0, 0.1) is 0 Å². The maximum absolute atomic E-state index is 12.7. The Morgan fingerprint density at radius 2 is 1.93 bits per heavy atom. The molecule has 0 atom stereocenters. The predicted octanol–water partition coefficient (Wildman–Crippen LogP) is 0.449. The average molecular weight is 423 g/mol. The van der Waals surface area contributed by atoms with Gasteiger partial charge < -0.3 is 10.1 Å². The van der Waals surface area contributed by atoms with Crippen molar-refractivity contribution < 1.29 is 27.6 Å². The van der Waals surface area contributed by atoms with Crippen LogP contribution in [0.2, 0.25) is 0 Å². The molecule has 2 aliphatic rings. The highest BCUT2D eigenvalue weighted by molar-refractivity contribution is 7.88. The van der Waals surface area contributed by atoms with Crippen LogP contribution in [0.1, 0.15) is 25.3 Å². The lowest BCUT2D eigenvalue weighted by Crippen LogP contribution is -2.47. The maximum atomic E-state index is 12.7. The molecular formula is C19H25N3O6S. The van der Waals surface area contributed by atoms with Crippen LogP contribution in [-0.2, 0) is 34.9 Å². The molecule has 1 saturated heterocycles. The number of rotatable bonds is 7. The van der Waals surface area contributed by atoms with Gasteiger partial charge in [0.15, 0.2) is 0 Å². The van der Waals surface area contributed by atoms with Crippen LogP contribution in [0.5, 0.6) is 0 Å². The standard InChI is InChI=1S/C19H25N3O6S/c1-15(23)27-12-9-20-18(24)17-13-19(28-21-17)7-10-22(11-8-19)29(25,26)14-16-5-3-2-4-6-16/h2-6,13,21H,7-12,14H2,1H3,(H,20,24). The Kier molecular flexibility index (Phi) is 6.56. The Morgan fingerprint density at radius 1 is 1.24 bits per heavy atom. The topological polar surface area (TPSA) is 114 Å². The van der Waals surface area contributed by atoms with E-state index in [0.717, 1.165) is 5.56 Å². The summed E-state index contributed by atoms with van der Waals surface area (Å²) in [5, 5.41) is 2.63. The lowest BCUT2D eigenvalue weighted by molar-refractivity contribution is -0.141. The van der Waals surface area contributed by atoms with Crippen molar-refractivity contribution in [3.05, 3.63) is 47.7 Å². The highest BCUT2D eigenvalue weighted by atomic mass is 32.2. The molecule has 1 spiro atoms. The molecule has 10 heteroatoms. The molecule has 1 amide bonds. The molecule has 9 nitrogen and oxygen atoms in total. The zero-order valence-electron chi connectivity index (χ0n) is 16.2. The molecule has 0 bridgehead atoms. The van der Waals surface area contributed by atoms with Crippen molar-refractivity contribution in [2.24, 2.45) is 0 Å². The molecule has 0 radical (unpaired) electrons. The van der Waals surface area contributed by atoms with Gasteiger partial charge in [-0.1, -0.05) is 30.3 Å². The van der Waals surface area contributed by atoms with Crippen molar-refractivity contribution in [3.63, 3.8) is 0 Å². The molecule has 0 aliphatic carbocycles. The van der Waals surface area contributed by atoms with Crippen LogP contribution in [0.15, 0.2) is 42.1 Å². The summed E-state index contributed by atoms with van der Waals surface area (Å²) in [6.45, 7) is 2.21. The van der Waals surface area contributed by atoms with E-state index < -0.39 is 21.6 Å². The van der Waals surface area contributed by atoms with Gasteiger partial charge in [0, 0.05) is 20.0 Å². The lowest BCUT2D eigenvalue weighted by Gasteiger charge is -2.35. The number of hydrogen-bond acceptors (Lipinski definition) is 7. The zero-order valence-corrected chi connectivity index (χ0v) is 17.0. The first kappa shape index (κ1) is 21.3. The second kappa shape index (κ2) is 8.93. The number of sulfonamides is 1. The molecule has 0 saturated carbocycles. The summed E-state index contributed by atoms with van der Waals surface area (Å²) in [5.74, 6) is -0.812. The van der Waals surface area contributed by atoms with Gasteiger partial charge in [-0.2, -0.15) is 0 Å². The lowest BCUT2D eigenvalue weighted by atomic mass is 9.92. The van der Waals surface area contributed by atoms with Crippen molar-refractivity contribution in [2.75, 3.05) is 26.2 Å². The largest absolute Gasteiger partial charge is 0.464 e. The zero-order chi connectivity index (χ0) is 20.9. The number of nitrogens with one attached hydrogen (secondary N) is 2. The summed E-state index contributed by atoms with van der Waals surface area (Å²) in [4.78, 5) is 28.5. The normalized spacial score (nSPS) is 18.7. The first-order chi connectivity index (χ1) is 13.8. The molecule has 1 aromatic carbocycles. The molecule has 158 valence electrons. The number of benzene rings is 1. The van der Waals surface area contributed by atoms with E-state index in [4.69, 9.17) is 9.57 Å². The molecule has 2 N–H and O–H groups in total. The fourth-order valence-corrected chi connectivity index (χ4v) is 4.85. The number of piperidine rings is 1. The maximum Gasteiger partial charge on any atom is 0.302 e. The van der Waals surface area contributed by atoms with Crippen molar-refractivity contribution >= 4 is 21.9 Å². The van der Waals surface area contributed by atoms with Crippen molar-refractivity contribution in [1.82, 2.24) is 15.1 Å². The third-order valence-electron chi connectivity index (χ3n) is 4.86. The van der Waals surface area contributed by atoms with E-state index >= 15 is 0 Å². The summed E-state index contributed by atoms with van der Waals surface area (Å²) in [5.41, 5.74) is 2.95. The van der Waals surface area contributed by atoms with Gasteiger partial charge in [0.1, 0.15) is 17.9 Å². The number of carbonyl (C=O) groups is 2. The predicted molar refractivity (Wildman–Crippen MR) is 105 cm³/mol. The number of esters is 1. The monoisotopic (exact) mass is 423 g/mol. The number of ether oxygens (including phenoxy) is 1. The Balaban J connectivity index is 1.53. The van der Waals surface area contributed by atoms with Crippen LogP contribution in [-0.4, -0.2) is 56.4 Å². The van der Waals surface area contributed by atoms with E-state index in [9.17, 15) is 18.0 Å². The van der Waals surface area contributed by atoms with Crippen LogP contribution in [0.4, 0.5) is 0 Å². The average Bonchev–Trinajstić information content (AvgIpc) is 3.09. The van der Waals surface area contributed by atoms with E-state index in [1.807, 2.05) is 18.2 Å². The highest BCUT2D eigenvalue weighted by Gasteiger charge is 2.42. The summed E-state index contributed by atoms with van der Waals surface area (Å²) in [6.07, 6.45) is 2.59. The van der Waals surface area contributed by atoms with Crippen molar-refractivity contribution in [1.29, 1.82) is 0 Å². The summed E-state index contributed by atoms with van der Waals surface area (Å²) >= 11 is 0. The Morgan fingerprint density at radius 3 is 2.59 bits per heavy atom. The minimum atomic E-state index is -3.42. The number of hydrogen-bond donors (Lipinski definition) is 2. The van der Waals surface area contributed by atoms with Crippen LogP contribution < -0.4 is 10.8 Å². The minimum absolute atomic E-state index is 0.0359. The Labute approximate surface area is 170 Å². The Hall–Kier alpha value is -2.43. The summed E-state index contributed by atoms with van der Waals surface area (Å²) in [7, 11) is -3.42. The van der Waals surface area contributed by atoms with Crippen LogP contribution >= 0.6 is 0 Å². The van der Waals surface area contributed by atoms with Gasteiger partial charge in [-0.05, 0) is 24.5 Å². The van der Waals surface area contributed by atoms with Gasteiger partial charge in [0.2, 0.25) is 10.0 Å². The van der Waals surface area contributed by atoms with E-state index in [1.54, 1.807) is 18.2 Å². The SMILES string of the molecule is CC(=O)OCCNC(=O)C1=CC2(CCN(S(=O)(=O)Cc3ccccc3)CC2)ON1. The van der Waals surface area contributed by atoms with Crippen molar-refractivity contribution in [2.45, 2.75) is 31.1 Å². The molecule has 1 aromatic rings. The van der Waals surface area contributed by atoms with E-state index in [2.05, 4.69) is 10.8 Å². The second-order valence-corrected chi connectivity index (χ2v) is 9.03. The molecule has 2 heterocycles. The minimum Gasteiger partial charge on any atom is -0.464 e. The third-order valence-corrected chi connectivity index (χ3v) is 6.71. The number of hydroxylamine groups is 1. The molecular weight excluding hydrogens is 398 g/mol. The second-order valence-electron chi connectivity index (χ2n) is 7.06. The summed E-state index contributed by atoms with van der Waals surface area (Å²) < 4.78 is 31.6. The molecule has 3 rings (SSSR count). The molecule has 1 fully saturated rings. The molecule has 0 aromatic heterocycles. The smallest absolute Gasteiger partial charge is 0.302 e. The van der Waals surface area contributed by atoms with Crippen molar-refractivity contribution in [3.8, 4) is 0 Å². The summed E-state index contributed by atoms with van der Waals surface area (Å²) in [6, 6.07) is 9.07. The first-order valence-corrected chi connectivity index (χ1v) is 11.0. The Bertz CT molecular complexity index is 876. The number of nitrogens with zero attached hydrogens (tertiary/aromatic N) is 1. The van der Waals surface area contributed by atoms with Gasteiger partial charge in [-0.3, -0.25) is 19.9 Å². The number of amides is 1. The van der Waals surface area contributed by atoms with Gasteiger partial charge in [-0.15, -0.1) is 0 Å². The fraction of sp³-hybridized carbons (Fsp3) is 0.474. The molecule has 29 heavy (non-hydrogen) atoms. The number of carbonyl (C=O) groups excluding carboxylic acids is 2. The van der Waals surface area contributed by atoms with Gasteiger partial charge in [0.05, 0.1) is 12.3 Å². The van der Waals surface area contributed by atoms with Crippen LogP contribution in [0.3, 0.4) is 0 Å². The fourth-order valence-electron chi connectivity index (χ4n) is 3.31. The highest BCUT2D eigenvalue weighted by Crippen LogP contribution is 2.33. The van der Waals surface area contributed by atoms with Gasteiger partial charge >= 0.3 is 5.97 Å². The third kappa shape index (κ3) is 5.55. The van der Waals surface area contributed by atoms with Gasteiger partial charge in [-0.25, -0.2) is 12.7 Å². The molecule has 0 unspecified atom stereocenters. The van der Waals surface area contributed by atoms with E-state index in [0.29, 0.717) is 25.9 Å².